The van der Waals surface area contributed by atoms with Gasteiger partial charge in [0.1, 0.15) is 0 Å². The maximum Gasteiger partial charge on any atom is 0.317 e. The highest BCUT2D eigenvalue weighted by Crippen LogP contribution is 2.31. The first kappa shape index (κ1) is 22.6. The van der Waals surface area contributed by atoms with Gasteiger partial charge in [-0.3, -0.25) is 0 Å². The zero-order valence-corrected chi connectivity index (χ0v) is 17.8. The highest BCUT2D eigenvalue weighted by Gasteiger charge is 2.36. The number of piperidine rings is 1. The minimum absolute atomic E-state index is 0.0449. The van der Waals surface area contributed by atoms with Gasteiger partial charge in [-0.05, 0) is 50.4 Å². The lowest BCUT2D eigenvalue weighted by molar-refractivity contribution is -0.0240. The van der Waals surface area contributed by atoms with Crippen molar-refractivity contribution in [3.05, 3.63) is 0 Å². The molecular formula is C19H37N3O4S. The number of ether oxygens (including phenoxy) is 1. The van der Waals surface area contributed by atoms with Crippen molar-refractivity contribution in [1.29, 1.82) is 0 Å². The number of carbonyl (C=O) groups excluding carboxylic acids is 1. The van der Waals surface area contributed by atoms with Crippen LogP contribution in [0.3, 0.4) is 0 Å². The van der Waals surface area contributed by atoms with Crippen molar-refractivity contribution < 1.29 is 18.8 Å². The van der Waals surface area contributed by atoms with Crippen LogP contribution < -0.4 is 10.0 Å². The fraction of sp³-hybridized carbons (Fsp3) is 0.947. The van der Waals surface area contributed by atoms with Crippen molar-refractivity contribution in [2.45, 2.75) is 70.6 Å². The van der Waals surface area contributed by atoms with E-state index in [4.69, 9.17) is 9.84 Å². The van der Waals surface area contributed by atoms with Crippen molar-refractivity contribution in [3.63, 3.8) is 0 Å². The summed E-state index contributed by atoms with van der Waals surface area (Å²) in [6, 6.07) is -0.379. The number of rotatable bonds is 8. The van der Waals surface area contributed by atoms with Crippen LogP contribution in [-0.2, 0) is 15.7 Å². The molecule has 27 heavy (non-hydrogen) atoms. The Morgan fingerprint density at radius 2 is 1.96 bits per heavy atom. The first-order chi connectivity index (χ1) is 12.9. The summed E-state index contributed by atoms with van der Waals surface area (Å²) >= 11 is 0. The average Bonchev–Trinajstić information content (AvgIpc) is 2.64. The molecule has 1 aliphatic heterocycles. The number of aliphatic hydroxyl groups excluding tert-OH is 1. The van der Waals surface area contributed by atoms with Crippen molar-refractivity contribution >= 4 is 17.0 Å². The first-order valence-electron chi connectivity index (χ1n) is 10.3. The van der Waals surface area contributed by atoms with E-state index in [1.807, 2.05) is 0 Å². The fourth-order valence-electron chi connectivity index (χ4n) is 4.29. The third-order valence-corrected chi connectivity index (χ3v) is 6.54. The van der Waals surface area contributed by atoms with Crippen LogP contribution in [0, 0.1) is 11.8 Å². The Morgan fingerprint density at radius 1 is 1.26 bits per heavy atom. The quantitative estimate of drug-likeness (QED) is 0.575. The van der Waals surface area contributed by atoms with Crippen molar-refractivity contribution in [2.75, 3.05) is 32.6 Å². The number of aliphatic hydroxyl groups is 1. The number of amides is 2. The van der Waals surface area contributed by atoms with Gasteiger partial charge in [0.25, 0.3) is 0 Å². The van der Waals surface area contributed by atoms with Crippen LogP contribution in [0.15, 0.2) is 0 Å². The van der Waals surface area contributed by atoms with Gasteiger partial charge in [0.15, 0.2) is 0 Å². The maximum absolute atomic E-state index is 12.5. The Kier molecular flexibility index (Phi) is 9.48. The number of hydrogen-bond donors (Lipinski definition) is 3. The smallest absolute Gasteiger partial charge is 0.317 e. The number of likely N-dealkylation sites (tertiary alicyclic amines) is 1. The van der Waals surface area contributed by atoms with Crippen molar-refractivity contribution in [1.82, 2.24) is 14.9 Å². The van der Waals surface area contributed by atoms with Gasteiger partial charge in [0.05, 0.1) is 36.3 Å². The number of carbonyl (C=O) groups is 1. The highest BCUT2D eigenvalue weighted by molar-refractivity contribution is 7.82. The Morgan fingerprint density at radius 3 is 2.56 bits per heavy atom. The van der Waals surface area contributed by atoms with Crippen LogP contribution in [0.4, 0.5) is 4.79 Å². The van der Waals surface area contributed by atoms with E-state index in [2.05, 4.69) is 23.9 Å². The van der Waals surface area contributed by atoms with Crippen LogP contribution >= 0.6 is 0 Å². The molecule has 158 valence electrons. The monoisotopic (exact) mass is 403 g/mol. The van der Waals surface area contributed by atoms with Gasteiger partial charge in [0, 0.05) is 25.4 Å². The SMILES string of the molecule is CC(C)C1CCC(OCC2C(NS(C)=O)CCCN2C(=O)NCCO)CC1. The number of urea groups is 1. The van der Waals surface area contributed by atoms with Gasteiger partial charge in [0.2, 0.25) is 0 Å². The molecule has 1 saturated heterocycles. The molecule has 0 aromatic heterocycles. The Labute approximate surface area is 166 Å². The summed E-state index contributed by atoms with van der Waals surface area (Å²) in [6.07, 6.45) is 8.15. The molecule has 0 aromatic carbocycles. The van der Waals surface area contributed by atoms with Crippen LogP contribution in [0.25, 0.3) is 0 Å². The molecule has 0 bridgehead atoms. The number of hydrogen-bond acceptors (Lipinski definition) is 4. The lowest BCUT2D eigenvalue weighted by Gasteiger charge is -2.42. The molecule has 0 radical (unpaired) electrons. The van der Waals surface area contributed by atoms with Crippen LogP contribution in [0.5, 0.6) is 0 Å². The molecule has 1 aliphatic carbocycles. The normalized spacial score (nSPS) is 30.3. The average molecular weight is 404 g/mol. The molecule has 3 unspecified atom stereocenters. The van der Waals surface area contributed by atoms with E-state index in [0.717, 1.165) is 37.5 Å². The van der Waals surface area contributed by atoms with Crippen LogP contribution in [-0.4, -0.2) is 71.0 Å². The Balaban J connectivity index is 1.95. The zero-order valence-electron chi connectivity index (χ0n) is 17.0. The molecule has 1 heterocycles. The second-order valence-electron chi connectivity index (χ2n) is 8.15. The predicted molar refractivity (Wildman–Crippen MR) is 108 cm³/mol. The number of nitrogens with zero attached hydrogens (tertiary/aromatic N) is 1. The van der Waals surface area contributed by atoms with Crippen LogP contribution in [0.1, 0.15) is 52.4 Å². The fourth-order valence-corrected chi connectivity index (χ4v) is 4.99. The second-order valence-corrected chi connectivity index (χ2v) is 9.30. The molecule has 3 atom stereocenters. The zero-order chi connectivity index (χ0) is 19.8. The summed E-state index contributed by atoms with van der Waals surface area (Å²) < 4.78 is 21.1. The van der Waals surface area contributed by atoms with Crippen molar-refractivity contribution in [3.8, 4) is 0 Å². The van der Waals surface area contributed by atoms with E-state index in [-0.39, 0.29) is 37.4 Å². The third-order valence-electron chi connectivity index (χ3n) is 5.91. The third kappa shape index (κ3) is 7.00. The molecule has 7 nitrogen and oxygen atoms in total. The maximum atomic E-state index is 12.5. The summed E-state index contributed by atoms with van der Waals surface area (Å²) in [5, 5.41) is 11.7. The molecule has 1 saturated carbocycles. The lowest BCUT2D eigenvalue weighted by Crippen LogP contribution is -2.60. The summed E-state index contributed by atoms with van der Waals surface area (Å²) in [5.74, 6) is 1.51. The van der Waals surface area contributed by atoms with E-state index in [9.17, 15) is 9.00 Å². The summed E-state index contributed by atoms with van der Waals surface area (Å²) in [6.45, 7) is 5.84. The van der Waals surface area contributed by atoms with E-state index < -0.39 is 11.0 Å². The van der Waals surface area contributed by atoms with E-state index in [1.54, 1.807) is 11.2 Å². The van der Waals surface area contributed by atoms with Gasteiger partial charge in [-0.2, -0.15) is 0 Å². The summed E-state index contributed by atoms with van der Waals surface area (Å²) in [4.78, 5) is 14.3. The molecule has 3 N–H and O–H groups in total. The largest absolute Gasteiger partial charge is 0.395 e. The molecule has 2 aliphatic rings. The molecule has 2 amide bonds. The van der Waals surface area contributed by atoms with Gasteiger partial charge in [-0.25, -0.2) is 13.7 Å². The summed E-state index contributed by atoms with van der Waals surface area (Å²) in [7, 11) is -1.14. The highest BCUT2D eigenvalue weighted by atomic mass is 32.2. The van der Waals surface area contributed by atoms with E-state index in [1.165, 1.54) is 12.8 Å². The van der Waals surface area contributed by atoms with Crippen LogP contribution in [0.2, 0.25) is 0 Å². The standard InChI is InChI=1S/C19H37N3O4S/c1-14(2)15-6-8-16(9-7-15)26-13-18-17(21-27(3)25)5-4-11-22(18)19(24)20-10-12-23/h14-18,21,23H,4-13H2,1-3H3,(H,20,24). The van der Waals surface area contributed by atoms with Crippen molar-refractivity contribution in [2.24, 2.45) is 11.8 Å². The van der Waals surface area contributed by atoms with Gasteiger partial charge < -0.3 is 20.1 Å². The molecular weight excluding hydrogens is 366 g/mol. The molecule has 2 fully saturated rings. The Hall–Kier alpha value is -0.700. The molecule has 2 rings (SSSR count). The van der Waals surface area contributed by atoms with Gasteiger partial charge in [-0.1, -0.05) is 13.8 Å². The van der Waals surface area contributed by atoms with E-state index in [0.29, 0.717) is 13.2 Å². The minimum atomic E-state index is -1.14. The Bertz CT molecular complexity index is 484. The second kappa shape index (κ2) is 11.3. The summed E-state index contributed by atoms with van der Waals surface area (Å²) in [5.41, 5.74) is 0. The topological polar surface area (TPSA) is 90.9 Å². The predicted octanol–water partition coefficient (Wildman–Crippen LogP) is 1.64. The molecule has 8 heteroatoms. The van der Waals surface area contributed by atoms with Gasteiger partial charge >= 0.3 is 6.03 Å². The lowest BCUT2D eigenvalue weighted by atomic mass is 9.80. The molecule has 0 aromatic rings. The van der Waals surface area contributed by atoms with E-state index >= 15 is 0 Å². The number of nitrogens with one attached hydrogen (secondary N) is 2. The first-order valence-corrected chi connectivity index (χ1v) is 11.8. The minimum Gasteiger partial charge on any atom is -0.395 e. The van der Waals surface area contributed by atoms with Gasteiger partial charge in [-0.15, -0.1) is 0 Å². The molecule has 0 spiro atoms.